The van der Waals surface area contributed by atoms with Crippen molar-refractivity contribution in [3.8, 4) is 5.75 Å². The zero-order valence-corrected chi connectivity index (χ0v) is 20.8. The molecule has 1 heterocycles. The van der Waals surface area contributed by atoms with Gasteiger partial charge < -0.3 is 4.74 Å². The summed E-state index contributed by atoms with van der Waals surface area (Å²) in [4.78, 5) is 27.4. The number of hydrogen-bond acceptors (Lipinski definition) is 4. The van der Waals surface area contributed by atoms with Crippen molar-refractivity contribution in [2.24, 2.45) is 0 Å². The molecule has 1 N–H and O–H groups in total. The van der Waals surface area contributed by atoms with Crippen molar-refractivity contribution in [1.82, 2.24) is 5.32 Å². The second kappa shape index (κ2) is 9.82. The van der Waals surface area contributed by atoms with Gasteiger partial charge in [-0.2, -0.15) is 0 Å². The van der Waals surface area contributed by atoms with Crippen molar-refractivity contribution in [3.63, 3.8) is 0 Å². The molecule has 7 heteroatoms. The van der Waals surface area contributed by atoms with Crippen LogP contribution in [0.1, 0.15) is 11.1 Å². The molecule has 172 valence electrons. The van der Waals surface area contributed by atoms with E-state index < -0.39 is 11.8 Å². The van der Waals surface area contributed by atoms with Crippen molar-refractivity contribution in [2.75, 3.05) is 4.90 Å². The molecular weight excluding hydrogens is 524 g/mol. The van der Waals surface area contributed by atoms with Crippen LogP contribution in [0.25, 0.3) is 16.8 Å². The number of anilines is 1. The number of amides is 2. The molecule has 1 saturated heterocycles. The minimum Gasteiger partial charge on any atom is -0.488 e. The van der Waals surface area contributed by atoms with Crippen molar-refractivity contribution in [1.29, 1.82) is 0 Å². The molecule has 35 heavy (non-hydrogen) atoms. The van der Waals surface area contributed by atoms with Crippen LogP contribution in [0.15, 0.2) is 101 Å². The number of hydrogen-bond donors (Lipinski definition) is 1. The van der Waals surface area contributed by atoms with E-state index in [1.54, 1.807) is 30.3 Å². The molecule has 5 nitrogen and oxygen atoms in total. The zero-order valence-electron chi connectivity index (χ0n) is 18.4. The molecule has 0 unspecified atom stereocenters. The van der Waals surface area contributed by atoms with Crippen molar-refractivity contribution in [3.05, 3.63) is 112 Å². The first-order valence-electron chi connectivity index (χ1n) is 10.9. The molecule has 0 spiro atoms. The maximum Gasteiger partial charge on any atom is 0.270 e. The first-order valence-corrected chi connectivity index (χ1v) is 12.1. The van der Waals surface area contributed by atoms with Crippen molar-refractivity contribution < 1.29 is 14.3 Å². The summed E-state index contributed by atoms with van der Waals surface area (Å²) in [6.07, 6.45) is 1.54. The highest BCUT2D eigenvalue weighted by Gasteiger charge is 2.34. The fraction of sp³-hybridized carbons (Fsp3) is 0.0357. The lowest BCUT2D eigenvalue weighted by atomic mass is 10.0. The van der Waals surface area contributed by atoms with Crippen molar-refractivity contribution in [2.45, 2.75) is 6.61 Å². The van der Waals surface area contributed by atoms with E-state index in [0.717, 1.165) is 20.8 Å². The van der Waals surface area contributed by atoms with Gasteiger partial charge >= 0.3 is 0 Å². The molecule has 2 amide bonds. The van der Waals surface area contributed by atoms with Crippen LogP contribution in [0, 0.1) is 0 Å². The minimum absolute atomic E-state index is 0.0319. The SMILES string of the molecule is O=C1NC(=S)N(c2ccccc2)C(=O)/C1=C\c1cc(Br)ccc1OCc1cccc2ccccc12. The molecule has 1 fully saturated rings. The van der Waals surface area contributed by atoms with Gasteiger partial charge in [0.05, 0.1) is 5.69 Å². The van der Waals surface area contributed by atoms with Crippen LogP contribution < -0.4 is 15.0 Å². The highest BCUT2D eigenvalue weighted by molar-refractivity contribution is 9.10. The summed E-state index contributed by atoms with van der Waals surface area (Å²) in [6.45, 7) is 0.333. The van der Waals surface area contributed by atoms with Gasteiger partial charge in [0.15, 0.2) is 5.11 Å². The summed E-state index contributed by atoms with van der Waals surface area (Å²) in [5.41, 5.74) is 2.18. The number of halogens is 1. The standard InChI is InChI=1S/C28H19BrN2O3S/c29-21-13-14-25(34-17-19-9-6-8-18-7-4-5-12-23(18)19)20(15-21)16-24-26(32)30-28(35)31(27(24)33)22-10-2-1-3-11-22/h1-16H,17H2,(H,30,32,35)/b24-16-. The van der Waals surface area contributed by atoms with E-state index in [4.69, 9.17) is 17.0 Å². The van der Waals surface area contributed by atoms with Gasteiger partial charge in [0.2, 0.25) is 0 Å². The highest BCUT2D eigenvalue weighted by atomic mass is 79.9. The number of para-hydroxylation sites is 1. The molecular formula is C28H19BrN2O3S. The van der Waals surface area contributed by atoms with Gasteiger partial charge in [0.1, 0.15) is 17.9 Å². The maximum atomic E-state index is 13.3. The Morgan fingerprint density at radius 3 is 2.49 bits per heavy atom. The lowest BCUT2D eigenvalue weighted by Crippen LogP contribution is -2.54. The molecule has 0 bridgehead atoms. The van der Waals surface area contributed by atoms with E-state index in [1.807, 2.05) is 48.5 Å². The number of benzene rings is 4. The molecule has 4 aromatic carbocycles. The molecule has 0 atom stereocenters. The molecule has 4 aromatic rings. The van der Waals surface area contributed by atoms with Gasteiger partial charge in [-0.15, -0.1) is 0 Å². The Bertz CT molecular complexity index is 1500. The van der Waals surface area contributed by atoms with Gasteiger partial charge in [-0.3, -0.25) is 19.8 Å². The van der Waals surface area contributed by atoms with Crippen LogP contribution in [0.2, 0.25) is 0 Å². The number of nitrogens with one attached hydrogen (secondary N) is 1. The lowest BCUT2D eigenvalue weighted by molar-refractivity contribution is -0.122. The summed E-state index contributed by atoms with van der Waals surface area (Å²) in [6, 6.07) is 28.7. The Labute approximate surface area is 216 Å². The van der Waals surface area contributed by atoms with E-state index in [-0.39, 0.29) is 10.7 Å². The van der Waals surface area contributed by atoms with E-state index in [1.165, 1.54) is 4.90 Å². The van der Waals surface area contributed by atoms with Crippen LogP contribution in [-0.4, -0.2) is 16.9 Å². The van der Waals surface area contributed by atoms with Crippen LogP contribution in [0.3, 0.4) is 0 Å². The van der Waals surface area contributed by atoms with E-state index >= 15 is 0 Å². The Balaban J connectivity index is 1.48. The number of thiocarbonyl (C=S) groups is 1. The summed E-state index contributed by atoms with van der Waals surface area (Å²) in [5, 5.41) is 4.91. The quantitative estimate of drug-likeness (QED) is 0.190. The Morgan fingerprint density at radius 2 is 1.66 bits per heavy atom. The molecule has 0 aliphatic carbocycles. The van der Waals surface area contributed by atoms with Crippen molar-refractivity contribution >= 4 is 67.6 Å². The maximum absolute atomic E-state index is 13.3. The Morgan fingerprint density at radius 1 is 0.914 bits per heavy atom. The monoisotopic (exact) mass is 542 g/mol. The first-order chi connectivity index (χ1) is 17.0. The van der Waals surface area contributed by atoms with Crippen LogP contribution in [-0.2, 0) is 16.2 Å². The molecule has 1 aliphatic heterocycles. The third kappa shape index (κ3) is 4.73. The fourth-order valence-electron chi connectivity index (χ4n) is 3.96. The second-order valence-corrected chi connectivity index (χ2v) is 9.20. The normalized spacial score (nSPS) is 14.9. The number of ether oxygens (including phenoxy) is 1. The van der Waals surface area contributed by atoms with Gasteiger partial charge in [-0.05, 0) is 65.0 Å². The second-order valence-electron chi connectivity index (χ2n) is 7.90. The summed E-state index contributed by atoms with van der Waals surface area (Å²) in [7, 11) is 0. The average molecular weight is 543 g/mol. The van der Waals surface area contributed by atoms with Gasteiger partial charge in [-0.25, -0.2) is 0 Å². The van der Waals surface area contributed by atoms with Gasteiger partial charge in [0.25, 0.3) is 11.8 Å². The summed E-state index contributed by atoms with van der Waals surface area (Å²) in [5.74, 6) is -0.495. The zero-order chi connectivity index (χ0) is 24.4. The summed E-state index contributed by atoms with van der Waals surface area (Å²) < 4.78 is 6.98. The van der Waals surface area contributed by atoms with E-state index in [2.05, 4.69) is 39.4 Å². The Hall–Kier alpha value is -3.81. The average Bonchev–Trinajstić information content (AvgIpc) is 2.86. The third-order valence-electron chi connectivity index (χ3n) is 5.65. The molecule has 0 saturated carbocycles. The molecule has 0 aromatic heterocycles. The fourth-order valence-corrected chi connectivity index (χ4v) is 4.62. The van der Waals surface area contributed by atoms with E-state index in [0.29, 0.717) is 23.6 Å². The molecule has 5 rings (SSSR count). The van der Waals surface area contributed by atoms with Gasteiger partial charge in [0, 0.05) is 10.0 Å². The van der Waals surface area contributed by atoms with E-state index in [9.17, 15) is 9.59 Å². The largest absolute Gasteiger partial charge is 0.488 e. The Kier molecular flexibility index (Phi) is 6.44. The number of nitrogens with zero attached hydrogens (tertiary/aromatic N) is 1. The van der Waals surface area contributed by atoms with Gasteiger partial charge in [-0.1, -0.05) is 76.6 Å². The lowest BCUT2D eigenvalue weighted by Gasteiger charge is -2.29. The summed E-state index contributed by atoms with van der Waals surface area (Å²) >= 11 is 8.75. The topological polar surface area (TPSA) is 58.6 Å². The molecule has 0 radical (unpaired) electrons. The predicted molar refractivity (Wildman–Crippen MR) is 145 cm³/mol. The van der Waals surface area contributed by atoms with Crippen LogP contribution in [0.4, 0.5) is 5.69 Å². The number of fused-ring (bicyclic) bond motifs is 1. The number of carbonyl (C=O) groups is 2. The smallest absolute Gasteiger partial charge is 0.270 e. The van der Waals surface area contributed by atoms with Crippen LogP contribution >= 0.6 is 28.1 Å². The minimum atomic E-state index is -0.549. The number of carbonyl (C=O) groups excluding carboxylic acids is 2. The third-order valence-corrected chi connectivity index (χ3v) is 6.43. The molecule has 1 aliphatic rings. The first kappa shape index (κ1) is 23.0. The highest BCUT2D eigenvalue weighted by Crippen LogP contribution is 2.29. The predicted octanol–water partition coefficient (Wildman–Crippen LogP) is 6.01. The van der Waals surface area contributed by atoms with Crippen LogP contribution in [0.5, 0.6) is 5.75 Å². The number of rotatable bonds is 5.